The van der Waals surface area contributed by atoms with E-state index >= 15 is 0 Å². The molecule has 0 saturated carbocycles. The maximum Gasteiger partial charge on any atom is 0.115 e. The molecule has 0 unspecified atom stereocenters. The molecule has 8 bridgehead atoms. The zero-order valence-corrected chi connectivity index (χ0v) is 42.6. The summed E-state index contributed by atoms with van der Waals surface area (Å²) in [6, 6.07) is 27.7. The van der Waals surface area contributed by atoms with Gasteiger partial charge in [-0.15, -0.1) is 0 Å². The molecule has 6 N–H and O–H groups in total. The number of aromatic nitrogens is 4. The van der Waals surface area contributed by atoms with E-state index in [1.54, 1.807) is 48.5 Å². The number of benzene rings is 4. The summed E-state index contributed by atoms with van der Waals surface area (Å²) in [5, 5.41) is 41.6. The number of phenolic OH excluding ortho intramolecular Hbond substituents is 4. The Morgan fingerprint density at radius 3 is 0.667 bits per heavy atom. The van der Waals surface area contributed by atoms with Crippen LogP contribution in [0.1, 0.15) is 22.8 Å². The Balaban J connectivity index is 1.62. The van der Waals surface area contributed by atoms with Crippen LogP contribution in [0.2, 0.25) is 0 Å². The Hall–Kier alpha value is -3.48. The largest absolute Gasteiger partial charge is 0.508 e. The number of halogens is 8. The van der Waals surface area contributed by atoms with Gasteiger partial charge in [-0.2, -0.15) is 0 Å². The molecular weight excluding hydrogens is 1290 g/mol. The molecule has 16 heteroatoms. The predicted octanol–water partition coefficient (Wildman–Crippen LogP) is 16.1. The number of hydrogen-bond donors (Lipinski definition) is 6. The molecule has 298 valence electrons. The van der Waals surface area contributed by atoms with Gasteiger partial charge in [0.05, 0.1) is 80.7 Å². The fourth-order valence-electron chi connectivity index (χ4n) is 7.21. The summed E-state index contributed by atoms with van der Waals surface area (Å²) < 4.78 is 5.41. The molecule has 0 radical (unpaired) electrons. The standard InChI is InChI=1S/C44H22Br8N4O4/c45-29-31(47)39-26(18-3-11-22(58)12-4-18)41-33(49)35(51)43(55-41)28(20-7-15-24(60)16-8-20)44-36(52)34(50)42(56-44)27(19-5-13-23(59)14-6-19)40-32(48)30(46)38(54-40)25(37(29)53-39)17-1-9-21(57)10-2-17/h1-16,53,56-60H. The van der Waals surface area contributed by atoms with Crippen molar-refractivity contribution >= 4 is 167 Å². The van der Waals surface area contributed by atoms with Crippen LogP contribution in [0.4, 0.5) is 0 Å². The topological polar surface area (TPSA) is 138 Å². The van der Waals surface area contributed by atoms with Crippen LogP contribution in [-0.4, -0.2) is 40.4 Å². The summed E-state index contributed by atoms with van der Waals surface area (Å²) in [7, 11) is 0. The third-order valence-corrected chi connectivity index (χ3v) is 18.4. The van der Waals surface area contributed by atoms with Crippen molar-refractivity contribution in [2.45, 2.75) is 0 Å². The molecule has 0 fully saturated rings. The summed E-state index contributed by atoms with van der Waals surface area (Å²) in [5.74, 6) is 0.434. The number of nitrogens with zero attached hydrogens (tertiary/aromatic N) is 2. The molecule has 9 rings (SSSR count). The van der Waals surface area contributed by atoms with E-state index in [1.165, 1.54) is 0 Å². The lowest BCUT2D eigenvalue weighted by Crippen LogP contribution is -1.91. The molecule has 60 heavy (non-hydrogen) atoms. The lowest BCUT2D eigenvalue weighted by molar-refractivity contribution is 0.475. The fourth-order valence-corrected chi connectivity index (χ4v) is 11.1. The van der Waals surface area contributed by atoms with Gasteiger partial charge in [-0.25, -0.2) is 9.97 Å². The second-order valence-electron chi connectivity index (χ2n) is 13.6. The lowest BCUT2D eigenvalue weighted by atomic mass is 10.0. The van der Waals surface area contributed by atoms with Crippen molar-refractivity contribution < 1.29 is 20.4 Å². The van der Waals surface area contributed by atoms with E-state index in [-0.39, 0.29) is 23.0 Å². The zero-order valence-electron chi connectivity index (χ0n) is 29.9. The molecule has 8 nitrogen and oxygen atoms in total. The molecule has 2 aliphatic rings. The van der Waals surface area contributed by atoms with Gasteiger partial charge in [-0.05, 0) is 198 Å². The summed E-state index contributed by atoms with van der Waals surface area (Å²) in [4.78, 5) is 18.3. The van der Waals surface area contributed by atoms with Crippen molar-refractivity contribution in [3.63, 3.8) is 0 Å². The van der Waals surface area contributed by atoms with Gasteiger partial charge in [0.1, 0.15) is 23.0 Å². The number of rotatable bonds is 4. The third kappa shape index (κ3) is 7.08. The maximum absolute atomic E-state index is 10.4. The van der Waals surface area contributed by atoms with E-state index < -0.39 is 0 Å². The Kier molecular flexibility index (Phi) is 11.4. The number of phenols is 4. The minimum Gasteiger partial charge on any atom is -0.508 e. The Morgan fingerprint density at radius 2 is 0.483 bits per heavy atom. The zero-order chi connectivity index (χ0) is 42.3. The van der Waals surface area contributed by atoms with E-state index in [0.717, 1.165) is 22.3 Å². The number of hydrogen-bond acceptors (Lipinski definition) is 6. The summed E-state index contributed by atoms with van der Waals surface area (Å²) in [5.41, 5.74) is 10.8. The average Bonchev–Trinajstić information content (AvgIpc) is 3.89. The van der Waals surface area contributed by atoms with Crippen molar-refractivity contribution in [3.8, 4) is 67.5 Å². The summed E-state index contributed by atoms with van der Waals surface area (Å²) in [6.45, 7) is 0. The summed E-state index contributed by atoms with van der Waals surface area (Å²) >= 11 is 31.4. The first-order valence-electron chi connectivity index (χ1n) is 17.6. The first-order valence-corrected chi connectivity index (χ1v) is 23.9. The van der Waals surface area contributed by atoms with Crippen LogP contribution in [0.3, 0.4) is 0 Å². The first-order chi connectivity index (χ1) is 28.7. The van der Waals surface area contributed by atoms with E-state index in [9.17, 15) is 20.4 Å². The van der Waals surface area contributed by atoms with E-state index in [1.807, 2.05) is 48.5 Å². The smallest absolute Gasteiger partial charge is 0.115 e. The van der Waals surface area contributed by atoms with Crippen LogP contribution in [0.25, 0.3) is 84.5 Å². The van der Waals surface area contributed by atoms with Gasteiger partial charge in [0.25, 0.3) is 0 Å². The first kappa shape index (κ1) is 41.9. The van der Waals surface area contributed by atoms with Crippen LogP contribution in [0.5, 0.6) is 23.0 Å². The van der Waals surface area contributed by atoms with Gasteiger partial charge in [0.15, 0.2) is 0 Å². The van der Waals surface area contributed by atoms with Crippen molar-refractivity contribution in [2.24, 2.45) is 0 Å². The highest BCUT2D eigenvalue weighted by atomic mass is 79.9. The van der Waals surface area contributed by atoms with Gasteiger partial charge in [0, 0.05) is 22.3 Å². The molecule has 0 atom stereocenters. The van der Waals surface area contributed by atoms with Crippen molar-refractivity contribution in [1.29, 1.82) is 0 Å². The van der Waals surface area contributed by atoms with Crippen LogP contribution in [-0.2, 0) is 0 Å². The highest BCUT2D eigenvalue weighted by molar-refractivity contribution is 9.18. The SMILES string of the molecule is Oc1ccc(-c2c3nc(c(-c4ccc(O)cc4)c4[nH]c(c(Br)c4Br)c(-c4ccc(O)cc4)c4nc(c(-c5ccc(O)cc5)c5[nH]c2c(Br)c5Br)C(Br)=C4Br)C(Br)=C3Br)cc1. The van der Waals surface area contributed by atoms with Gasteiger partial charge in [-0.3, -0.25) is 0 Å². The number of aromatic hydroxyl groups is 4. The summed E-state index contributed by atoms with van der Waals surface area (Å²) in [6.07, 6.45) is 0. The molecule has 4 aromatic carbocycles. The molecule has 7 aromatic rings. The second kappa shape index (κ2) is 16.3. The number of nitrogens with one attached hydrogen (secondary N) is 2. The lowest BCUT2D eigenvalue weighted by Gasteiger charge is -2.08. The monoisotopic (exact) mass is 1300 g/mol. The molecule has 3 aromatic heterocycles. The number of H-pyrrole nitrogens is 2. The van der Waals surface area contributed by atoms with Crippen molar-refractivity contribution in [1.82, 2.24) is 19.9 Å². The molecular formula is C44H22Br8N4O4. The second-order valence-corrected chi connectivity index (χ2v) is 19.9. The average molecular weight is 1310 g/mol. The number of fused-ring (bicyclic) bond motifs is 8. The minimum atomic E-state index is 0.109. The molecule has 0 aliphatic carbocycles. The van der Waals surface area contributed by atoms with Gasteiger partial charge in [-0.1, -0.05) is 48.5 Å². The molecule has 0 amide bonds. The Labute approximate surface area is 408 Å². The predicted molar refractivity (Wildman–Crippen MR) is 270 cm³/mol. The molecule has 5 heterocycles. The normalized spacial score (nSPS) is 12.8. The van der Waals surface area contributed by atoms with E-state index in [2.05, 4.69) is 137 Å². The van der Waals surface area contributed by atoms with Gasteiger partial charge < -0.3 is 30.4 Å². The Morgan fingerprint density at radius 1 is 0.300 bits per heavy atom. The van der Waals surface area contributed by atoms with E-state index in [0.29, 0.717) is 103 Å². The maximum atomic E-state index is 10.4. The van der Waals surface area contributed by atoms with Crippen molar-refractivity contribution in [2.75, 3.05) is 0 Å². The van der Waals surface area contributed by atoms with Gasteiger partial charge in [0.2, 0.25) is 0 Å². The molecule has 0 spiro atoms. The van der Waals surface area contributed by atoms with E-state index in [4.69, 9.17) is 9.97 Å². The third-order valence-electron chi connectivity index (χ3n) is 10.00. The Bertz CT molecular complexity index is 2780. The van der Waals surface area contributed by atoms with Crippen LogP contribution < -0.4 is 0 Å². The fraction of sp³-hybridized carbons (Fsp3) is 0. The molecule has 2 aliphatic heterocycles. The highest BCUT2D eigenvalue weighted by Gasteiger charge is 2.31. The van der Waals surface area contributed by atoms with Crippen LogP contribution >= 0.6 is 127 Å². The highest BCUT2D eigenvalue weighted by Crippen LogP contribution is 2.53. The van der Waals surface area contributed by atoms with Crippen molar-refractivity contribution in [3.05, 3.63) is 138 Å². The van der Waals surface area contributed by atoms with Crippen LogP contribution in [0.15, 0.2) is 115 Å². The van der Waals surface area contributed by atoms with Crippen LogP contribution in [0, 0.1) is 0 Å². The quantitative estimate of drug-likeness (QED) is 0.104. The molecule has 0 saturated heterocycles. The number of aromatic amines is 2. The minimum absolute atomic E-state index is 0.109. The van der Waals surface area contributed by atoms with Gasteiger partial charge >= 0.3 is 0 Å².